The highest BCUT2D eigenvalue weighted by Crippen LogP contribution is 2.26. The van der Waals surface area contributed by atoms with Crippen molar-refractivity contribution in [3.63, 3.8) is 0 Å². The first kappa shape index (κ1) is 16.5. The third kappa shape index (κ3) is 5.59. The molecule has 0 aliphatic rings. The first-order chi connectivity index (χ1) is 9.69. The van der Waals surface area contributed by atoms with E-state index in [4.69, 9.17) is 9.47 Å². The first-order valence-corrected chi connectivity index (χ1v) is 6.84. The van der Waals surface area contributed by atoms with E-state index in [9.17, 15) is 9.90 Å². The molecule has 0 aliphatic carbocycles. The van der Waals surface area contributed by atoms with Gasteiger partial charge in [-0.05, 0) is 18.9 Å². The Kier molecular flexibility index (Phi) is 7.69. The lowest BCUT2D eigenvalue weighted by molar-refractivity contribution is -0.123. The summed E-state index contributed by atoms with van der Waals surface area (Å²) in [7, 11) is 1.63. The molecule has 0 heterocycles. The normalized spacial score (nSPS) is 11.9. The number of carbonyl (C=O) groups excluding carboxylic acids is 1. The molecule has 0 radical (unpaired) electrons. The molecule has 1 aromatic rings. The number of benzene rings is 1. The van der Waals surface area contributed by atoms with Gasteiger partial charge in [0.25, 0.3) is 5.91 Å². The van der Waals surface area contributed by atoms with Crippen molar-refractivity contribution in [1.29, 1.82) is 0 Å². The number of nitrogens with one attached hydrogen (secondary N) is 1. The molecular formula is C15H23NO4. The van der Waals surface area contributed by atoms with Crippen molar-refractivity contribution in [2.75, 3.05) is 26.9 Å². The summed E-state index contributed by atoms with van der Waals surface area (Å²) < 4.78 is 10.4. The Morgan fingerprint density at radius 1 is 1.40 bits per heavy atom. The van der Waals surface area contributed by atoms with Gasteiger partial charge in [0.2, 0.25) is 0 Å². The van der Waals surface area contributed by atoms with Crippen molar-refractivity contribution in [2.24, 2.45) is 0 Å². The zero-order valence-corrected chi connectivity index (χ0v) is 12.1. The molecule has 0 fully saturated rings. The summed E-state index contributed by atoms with van der Waals surface area (Å²) in [4.78, 5) is 11.6. The number of aliphatic hydroxyl groups excluding tert-OH is 1. The molecule has 1 amide bonds. The third-order valence-corrected chi connectivity index (χ3v) is 2.87. The van der Waals surface area contributed by atoms with Gasteiger partial charge >= 0.3 is 0 Å². The molecule has 1 rings (SSSR count). The van der Waals surface area contributed by atoms with Crippen molar-refractivity contribution in [1.82, 2.24) is 5.32 Å². The van der Waals surface area contributed by atoms with Gasteiger partial charge in [0, 0.05) is 25.8 Å². The van der Waals surface area contributed by atoms with Crippen LogP contribution in [-0.4, -0.2) is 37.9 Å². The monoisotopic (exact) mass is 281 g/mol. The van der Waals surface area contributed by atoms with Gasteiger partial charge in [-0.25, -0.2) is 0 Å². The number of para-hydroxylation sites is 1. The molecule has 2 N–H and O–H groups in total. The number of ether oxygens (including phenoxy) is 2. The summed E-state index contributed by atoms with van der Waals surface area (Å²) in [5.41, 5.74) is 0.710. The first-order valence-electron chi connectivity index (χ1n) is 6.84. The molecule has 0 aliphatic heterocycles. The van der Waals surface area contributed by atoms with Crippen LogP contribution in [0, 0.1) is 0 Å². The molecule has 0 saturated heterocycles. The molecule has 5 nitrogen and oxygen atoms in total. The average Bonchev–Trinajstić information content (AvgIpc) is 2.49. The Morgan fingerprint density at radius 2 is 2.15 bits per heavy atom. The Balaban J connectivity index is 2.43. The lowest BCUT2D eigenvalue weighted by atomic mass is 10.1. The number of aliphatic hydroxyl groups is 1. The Morgan fingerprint density at radius 3 is 2.85 bits per heavy atom. The average molecular weight is 281 g/mol. The predicted molar refractivity (Wildman–Crippen MR) is 76.7 cm³/mol. The van der Waals surface area contributed by atoms with E-state index in [1.165, 1.54) is 0 Å². The Hall–Kier alpha value is -1.59. The largest absolute Gasteiger partial charge is 0.483 e. The number of hydrogen-bond donors (Lipinski definition) is 2. The lowest BCUT2D eigenvalue weighted by Crippen LogP contribution is -2.30. The fourth-order valence-electron chi connectivity index (χ4n) is 1.75. The minimum absolute atomic E-state index is 0.0551. The molecule has 112 valence electrons. The SMILES string of the molecule is CC[C@@H](O)c1ccccc1OCC(=O)NCCCOC. The summed E-state index contributed by atoms with van der Waals surface area (Å²) in [5.74, 6) is 0.371. The van der Waals surface area contributed by atoms with Crippen LogP contribution >= 0.6 is 0 Å². The summed E-state index contributed by atoms with van der Waals surface area (Å²) in [5, 5.41) is 12.6. The van der Waals surface area contributed by atoms with Crippen molar-refractivity contribution in [2.45, 2.75) is 25.9 Å². The molecule has 1 aromatic carbocycles. The zero-order valence-electron chi connectivity index (χ0n) is 12.1. The van der Waals surface area contributed by atoms with E-state index in [0.29, 0.717) is 30.9 Å². The third-order valence-electron chi connectivity index (χ3n) is 2.87. The van der Waals surface area contributed by atoms with Gasteiger partial charge in [0.15, 0.2) is 6.61 Å². The predicted octanol–water partition coefficient (Wildman–Crippen LogP) is 1.66. The van der Waals surface area contributed by atoms with E-state index in [1.807, 2.05) is 19.1 Å². The maximum atomic E-state index is 11.6. The van der Waals surface area contributed by atoms with E-state index >= 15 is 0 Å². The van der Waals surface area contributed by atoms with Gasteiger partial charge in [-0.1, -0.05) is 25.1 Å². The van der Waals surface area contributed by atoms with Crippen LogP contribution in [0.15, 0.2) is 24.3 Å². The number of hydrogen-bond acceptors (Lipinski definition) is 4. The number of rotatable bonds is 9. The molecule has 1 atom stereocenters. The Bertz CT molecular complexity index is 409. The van der Waals surface area contributed by atoms with Crippen molar-refractivity contribution >= 4 is 5.91 Å². The van der Waals surface area contributed by atoms with Crippen LogP contribution in [0.1, 0.15) is 31.4 Å². The van der Waals surface area contributed by atoms with Gasteiger partial charge in [-0.15, -0.1) is 0 Å². The summed E-state index contributed by atoms with van der Waals surface area (Å²) in [6.07, 6.45) is 0.799. The molecule has 0 aromatic heterocycles. The van der Waals surface area contributed by atoms with Gasteiger partial charge in [-0.2, -0.15) is 0 Å². The fraction of sp³-hybridized carbons (Fsp3) is 0.533. The molecule has 20 heavy (non-hydrogen) atoms. The van der Waals surface area contributed by atoms with Crippen LogP contribution in [0.25, 0.3) is 0 Å². The molecule has 0 spiro atoms. The van der Waals surface area contributed by atoms with Crippen molar-refractivity contribution < 1.29 is 19.4 Å². The second-order valence-corrected chi connectivity index (χ2v) is 4.45. The standard InChI is InChI=1S/C15H23NO4/c1-3-13(17)12-7-4-5-8-14(12)20-11-15(18)16-9-6-10-19-2/h4-5,7-8,13,17H,3,6,9-11H2,1-2H3,(H,16,18)/t13-/m1/s1. The second kappa shape index (κ2) is 9.34. The van der Waals surface area contributed by atoms with Gasteiger partial charge in [0.1, 0.15) is 5.75 Å². The molecular weight excluding hydrogens is 258 g/mol. The molecule has 0 unspecified atom stereocenters. The van der Waals surface area contributed by atoms with Gasteiger partial charge in [0.05, 0.1) is 6.10 Å². The number of amides is 1. The van der Waals surface area contributed by atoms with Crippen molar-refractivity contribution in [3.8, 4) is 5.75 Å². The van der Waals surface area contributed by atoms with E-state index in [2.05, 4.69) is 5.32 Å². The zero-order chi connectivity index (χ0) is 14.8. The minimum atomic E-state index is -0.573. The van der Waals surface area contributed by atoms with Crippen LogP contribution in [0.2, 0.25) is 0 Å². The van der Waals surface area contributed by atoms with E-state index < -0.39 is 6.10 Å². The quantitative estimate of drug-likeness (QED) is 0.676. The van der Waals surface area contributed by atoms with Gasteiger partial charge in [-0.3, -0.25) is 4.79 Å². The summed E-state index contributed by atoms with van der Waals surface area (Å²) in [6.45, 7) is 3.02. The fourth-order valence-corrected chi connectivity index (χ4v) is 1.75. The van der Waals surface area contributed by atoms with E-state index in [1.54, 1.807) is 19.2 Å². The highest BCUT2D eigenvalue weighted by molar-refractivity contribution is 5.77. The van der Waals surface area contributed by atoms with Crippen LogP contribution in [0.5, 0.6) is 5.75 Å². The van der Waals surface area contributed by atoms with Crippen molar-refractivity contribution in [3.05, 3.63) is 29.8 Å². The topological polar surface area (TPSA) is 67.8 Å². The number of carbonyl (C=O) groups is 1. The molecule has 0 bridgehead atoms. The number of methoxy groups -OCH3 is 1. The van der Waals surface area contributed by atoms with E-state index in [-0.39, 0.29) is 12.5 Å². The maximum Gasteiger partial charge on any atom is 0.257 e. The lowest BCUT2D eigenvalue weighted by Gasteiger charge is -2.14. The molecule has 5 heteroatoms. The second-order valence-electron chi connectivity index (χ2n) is 4.45. The van der Waals surface area contributed by atoms with E-state index in [0.717, 1.165) is 6.42 Å². The molecule has 0 saturated carbocycles. The van der Waals surface area contributed by atoms with Crippen LogP contribution in [0.4, 0.5) is 0 Å². The smallest absolute Gasteiger partial charge is 0.257 e. The van der Waals surface area contributed by atoms with Crippen LogP contribution in [-0.2, 0) is 9.53 Å². The Labute approximate surface area is 119 Å². The maximum absolute atomic E-state index is 11.6. The van der Waals surface area contributed by atoms with Crippen LogP contribution < -0.4 is 10.1 Å². The van der Waals surface area contributed by atoms with Crippen LogP contribution in [0.3, 0.4) is 0 Å². The highest BCUT2D eigenvalue weighted by Gasteiger charge is 2.12. The minimum Gasteiger partial charge on any atom is -0.483 e. The summed E-state index contributed by atoms with van der Waals surface area (Å²) >= 11 is 0. The summed E-state index contributed by atoms with van der Waals surface area (Å²) in [6, 6.07) is 7.22. The van der Waals surface area contributed by atoms with Gasteiger partial charge < -0.3 is 19.9 Å². The highest BCUT2D eigenvalue weighted by atomic mass is 16.5.